The Labute approximate surface area is 136 Å². The van der Waals surface area contributed by atoms with Crippen LogP contribution in [-0.2, 0) is 17.8 Å². The Morgan fingerprint density at radius 2 is 2.13 bits per heavy atom. The minimum Gasteiger partial charge on any atom is -0.481 e. The highest BCUT2D eigenvalue weighted by molar-refractivity contribution is 5.80. The van der Waals surface area contributed by atoms with E-state index in [2.05, 4.69) is 17.4 Å². The van der Waals surface area contributed by atoms with E-state index in [1.165, 1.54) is 11.1 Å². The van der Waals surface area contributed by atoms with Crippen molar-refractivity contribution in [1.82, 2.24) is 5.32 Å². The van der Waals surface area contributed by atoms with Crippen LogP contribution in [-0.4, -0.2) is 23.7 Å². The number of aliphatic hydroxyl groups is 1. The fourth-order valence-corrected chi connectivity index (χ4v) is 2.89. The van der Waals surface area contributed by atoms with Crippen LogP contribution in [0.15, 0.2) is 48.5 Å². The molecule has 2 unspecified atom stereocenters. The van der Waals surface area contributed by atoms with Crippen LogP contribution in [0.1, 0.15) is 29.5 Å². The van der Waals surface area contributed by atoms with E-state index in [0.717, 1.165) is 12.0 Å². The van der Waals surface area contributed by atoms with Gasteiger partial charge < -0.3 is 15.2 Å². The normalized spacial score (nSPS) is 16.9. The Hall–Kier alpha value is -2.33. The van der Waals surface area contributed by atoms with Crippen LogP contribution in [0.25, 0.3) is 0 Å². The first-order chi connectivity index (χ1) is 11.2. The van der Waals surface area contributed by atoms with Gasteiger partial charge in [-0.2, -0.15) is 0 Å². The largest absolute Gasteiger partial charge is 0.481 e. The number of carbonyl (C=O) groups is 1. The Kier molecular flexibility index (Phi) is 4.63. The van der Waals surface area contributed by atoms with Crippen molar-refractivity contribution in [2.45, 2.75) is 32.0 Å². The molecule has 23 heavy (non-hydrogen) atoms. The first kappa shape index (κ1) is 15.6. The van der Waals surface area contributed by atoms with Crippen LogP contribution in [0.2, 0.25) is 0 Å². The molecule has 1 aliphatic rings. The van der Waals surface area contributed by atoms with Gasteiger partial charge in [-0.25, -0.2) is 0 Å². The van der Waals surface area contributed by atoms with E-state index in [4.69, 9.17) is 9.84 Å². The molecule has 120 valence electrons. The average Bonchev–Trinajstić information content (AvgIpc) is 2.55. The molecule has 0 spiro atoms. The van der Waals surface area contributed by atoms with Gasteiger partial charge in [-0.05, 0) is 42.2 Å². The van der Waals surface area contributed by atoms with Gasteiger partial charge in [0, 0.05) is 12.5 Å². The molecular weight excluding hydrogens is 290 g/mol. The Morgan fingerprint density at radius 1 is 1.30 bits per heavy atom. The molecule has 1 amide bonds. The second-order valence-corrected chi connectivity index (χ2v) is 5.91. The predicted molar refractivity (Wildman–Crippen MR) is 88.4 cm³/mol. The van der Waals surface area contributed by atoms with Gasteiger partial charge in [0.1, 0.15) is 5.75 Å². The molecule has 0 saturated heterocycles. The van der Waals surface area contributed by atoms with Gasteiger partial charge >= 0.3 is 0 Å². The van der Waals surface area contributed by atoms with Crippen LogP contribution in [0.4, 0.5) is 0 Å². The van der Waals surface area contributed by atoms with Crippen molar-refractivity contribution in [3.63, 3.8) is 0 Å². The summed E-state index contributed by atoms with van der Waals surface area (Å²) in [5, 5.41) is 12.1. The molecule has 0 aliphatic heterocycles. The summed E-state index contributed by atoms with van der Waals surface area (Å²) in [5.74, 6) is 0.872. The van der Waals surface area contributed by atoms with Crippen LogP contribution in [0.3, 0.4) is 0 Å². The van der Waals surface area contributed by atoms with Crippen molar-refractivity contribution in [2.75, 3.05) is 6.54 Å². The van der Waals surface area contributed by atoms with Crippen LogP contribution in [0, 0.1) is 0 Å². The average molecular weight is 311 g/mol. The maximum absolute atomic E-state index is 12.2. The lowest BCUT2D eigenvalue weighted by molar-refractivity contribution is -0.127. The quantitative estimate of drug-likeness (QED) is 0.861. The van der Waals surface area contributed by atoms with E-state index in [1.807, 2.05) is 18.2 Å². The summed E-state index contributed by atoms with van der Waals surface area (Å²) < 4.78 is 5.65. The standard InChI is InChI=1S/C19H21NO3/c1-13(23-17-7-4-5-14(9-17)12-21)19(22)20-11-16-10-15-6-2-3-8-18(15)16/h2-9,13,16,21H,10-12H2,1H3,(H,20,22). The molecule has 2 N–H and O–H groups in total. The lowest BCUT2D eigenvalue weighted by atomic mass is 9.77. The van der Waals surface area contributed by atoms with Gasteiger partial charge in [0.2, 0.25) is 0 Å². The number of nitrogens with one attached hydrogen (secondary N) is 1. The first-order valence-corrected chi connectivity index (χ1v) is 7.89. The van der Waals surface area contributed by atoms with Gasteiger partial charge in [-0.15, -0.1) is 0 Å². The topological polar surface area (TPSA) is 58.6 Å². The molecule has 3 rings (SSSR count). The minimum atomic E-state index is -0.570. The van der Waals surface area contributed by atoms with Gasteiger partial charge in [-0.1, -0.05) is 36.4 Å². The summed E-state index contributed by atoms with van der Waals surface area (Å²) in [6.45, 7) is 2.33. The van der Waals surface area contributed by atoms with E-state index >= 15 is 0 Å². The summed E-state index contributed by atoms with van der Waals surface area (Å²) in [7, 11) is 0. The first-order valence-electron chi connectivity index (χ1n) is 7.89. The van der Waals surface area contributed by atoms with Gasteiger partial charge in [0.05, 0.1) is 6.61 Å². The molecule has 2 aromatic rings. The van der Waals surface area contributed by atoms with E-state index in [9.17, 15) is 4.79 Å². The molecule has 0 heterocycles. The molecule has 0 radical (unpaired) electrons. The van der Waals surface area contributed by atoms with Gasteiger partial charge in [0.25, 0.3) is 5.91 Å². The SMILES string of the molecule is CC(Oc1cccc(CO)c1)C(=O)NCC1Cc2ccccc21. The lowest BCUT2D eigenvalue weighted by Crippen LogP contribution is -2.40. The monoisotopic (exact) mass is 311 g/mol. The highest BCUT2D eigenvalue weighted by Crippen LogP contribution is 2.33. The van der Waals surface area contributed by atoms with Crippen LogP contribution in [0.5, 0.6) is 5.75 Å². The summed E-state index contributed by atoms with van der Waals surface area (Å²) >= 11 is 0. The molecule has 4 heteroatoms. The van der Waals surface area contributed by atoms with Crippen molar-refractivity contribution >= 4 is 5.91 Å². The third-order valence-electron chi connectivity index (χ3n) is 4.25. The number of ether oxygens (including phenoxy) is 1. The smallest absolute Gasteiger partial charge is 0.260 e. The number of fused-ring (bicyclic) bond motifs is 1. The Bertz CT molecular complexity index is 699. The summed E-state index contributed by atoms with van der Waals surface area (Å²) in [4.78, 5) is 12.2. The van der Waals surface area contributed by atoms with Crippen molar-refractivity contribution in [3.8, 4) is 5.75 Å². The third kappa shape index (κ3) is 3.54. The fourth-order valence-electron chi connectivity index (χ4n) is 2.89. The Morgan fingerprint density at radius 3 is 2.91 bits per heavy atom. The highest BCUT2D eigenvalue weighted by Gasteiger charge is 2.26. The number of benzene rings is 2. The van der Waals surface area contributed by atoms with E-state index in [0.29, 0.717) is 18.2 Å². The molecule has 1 aliphatic carbocycles. The molecule has 0 aromatic heterocycles. The molecule has 0 fully saturated rings. The maximum Gasteiger partial charge on any atom is 0.260 e. The zero-order valence-corrected chi connectivity index (χ0v) is 13.2. The van der Waals surface area contributed by atoms with Crippen molar-refractivity contribution in [1.29, 1.82) is 0 Å². The summed E-state index contributed by atoms with van der Waals surface area (Å²) in [6, 6.07) is 15.5. The predicted octanol–water partition coefficient (Wildman–Crippen LogP) is 2.40. The van der Waals surface area contributed by atoms with Crippen molar-refractivity contribution in [3.05, 3.63) is 65.2 Å². The number of hydrogen-bond donors (Lipinski definition) is 2. The number of amides is 1. The third-order valence-corrected chi connectivity index (χ3v) is 4.25. The van der Waals surface area contributed by atoms with Gasteiger partial charge in [0.15, 0.2) is 6.10 Å². The molecule has 0 bridgehead atoms. The number of aliphatic hydroxyl groups excluding tert-OH is 1. The second-order valence-electron chi connectivity index (χ2n) is 5.91. The zero-order chi connectivity index (χ0) is 16.2. The van der Waals surface area contributed by atoms with Crippen molar-refractivity contribution < 1.29 is 14.6 Å². The molecule has 2 aromatic carbocycles. The minimum absolute atomic E-state index is 0.0428. The number of rotatable bonds is 6. The lowest BCUT2D eigenvalue weighted by Gasteiger charge is -2.30. The maximum atomic E-state index is 12.2. The highest BCUT2D eigenvalue weighted by atomic mass is 16.5. The summed E-state index contributed by atoms with van der Waals surface area (Å²) in [6.07, 6.45) is 0.448. The molecule has 0 saturated carbocycles. The Balaban J connectivity index is 1.50. The van der Waals surface area contributed by atoms with Gasteiger partial charge in [-0.3, -0.25) is 4.79 Å². The summed E-state index contributed by atoms with van der Waals surface area (Å²) in [5.41, 5.74) is 3.47. The molecular formula is C19H21NO3. The molecule has 4 nitrogen and oxygen atoms in total. The molecule has 2 atom stereocenters. The van der Waals surface area contributed by atoms with E-state index < -0.39 is 6.10 Å². The van der Waals surface area contributed by atoms with Crippen LogP contribution >= 0.6 is 0 Å². The number of carbonyl (C=O) groups excluding carboxylic acids is 1. The fraction of sp³-hybridized carbons (Fsp3) is 0.316. The van der Waals surface area contributed by atoms with E-state index in [-0.39, 0.29) is 12.5 Å². The second kappa shape index (κ2) is 6.84. The number of hydrogen-bond acceptors (Lipinski definition) is 3. The zero-order valence-electron chi connectivity index (χ0n) is 13.2. The van der Waals surface area contributed by atoms with Crippen LogP contribution < -0.4 is 10.1 Å². The van der Waals surface area contributed by atoms with Crippen molar-refractivity contribution in [2.24, 2.45) is 0 Å². The van der Waals surface area contributed by atoms with E-state index in [1.54, 1.807) is 25.1 Å².